The van der Waals surface area contributed by atoms with E-state index in [1.54, 1.807) is 50.4 Å². The van der Waals surface area contributed by atoms with E-state index >= 15 is 0 Å². The predicted octanol–water partition coefficient (Wildman–Crippen LogP) is 4.28. The van der Waals surface area contributed by atoms with Gasteiger partial charge < -0.3 is 20.1 Å². The van der Waals surface area contributed by atoms with Crippen molar-refractivity contribution in [2.24, 2.45) is 0 Å². The summed E-state index contributed by atoms with van der Waals surface area (Å²) in [4.78, 5) is 24.8. The van der Waals surface area contributed by atoms with Gasteiger partial charge in [-0.15, -0.1) is 0 Å². The van der Waals surface area contributed by atoms with Crippen molar-refractivity contribution in [3.63, 3.8) is 0 Å². The van der Waals surface area contributed by atoms with Crippen molar-refractivity contribution >= 4 is 23.2 Å². The van der Waals surface area contributed by atoms with Crippen molar-refractivity contribution in [2.75, 3.05) is 17.7 Å². The minimum Gasteiger partial charge on any atom is -0.493 e. The molecule has 30 heavy (non-hydrogen) atoms. The number of anilines is 2. The van der Waals surface area contributed by atoms with Crippen molar-refractivity contribution in [2.45, 2.75) is 19.4 Å². The van der Waals surface area contributed by atoms with Crippen LogP contribution in [0.25, 0.3) is 0 Å². The highest BCUT2D eigenvalue weighted by molar-refractivity contribution is 5.96. The van der Waals surface area contributed by atoms with E-state index in [0.717, 1.165) is 5.56 Å². The Balaban J connectivity index is 1.58. The molecule has 0 aromatic heterocycles. The van der Waals surface area contributed by atoms with Gasteiger partial charge >= 0.3 is 0 Å². The first-order valence-electron chi connectivity index (χ1n) is 9.59. The van der Waals surface area contributed by atoms with Crippen LogP contribution in [0.3, 0.4) is 0 Å². The molecule has 0 saturated heterocycles. The summed E-state index contributed by atoms with van der Waals surface area (Å²) in [6.45, 7) is 1.66. The number of para-hydroxylation sites is 2. The van der Waals surface area contributed by atoms with Gasteiger partial charge in [0.25, 0.3) is 5.91 Å². The number of rotatable bonds is 8. The Morgan fingerprint density at radius 3 is 2.17 bits per heavy atom. The van der Waals surface area contributed by atoms with Crippen molar-refractivity contribution in [3.8, 4) is 11.5 Å². The van der Waals surface area contributed by atoms with E-state index in [9.17, 15) is 9.59 Å². The maximum atomic E-state index is 12.5. The van der Waals surface area contributed by atoms with E-state index in [4.69, 9.17) is 9.47 Å². The molecule has 1 unspecified atom stereocenters. The third-order valence-electron chi connectivity index (χ3n) is 4.36. The normalized spacial score (nSPS) is 11.3. The van der Waals surface area contributed by atoms with Crippen LogP contribution in [0.2, 0.25) is 0 Å². The third-order valence-corrected chi connectivity index (χ3v) is 4.36. The average Bonchev–Trinajstić information content (AvgIpc) is 2.75. The molecule has 0 bridgehead atoms. The van der Waals surface area contributed by atoms with Gasteiger partial charge in [-0.05, 0) is 42.8 Å². The lowest BCUT2D eigenvalue weighted by Crippen LogP contribution is -2.30. The summed E-state index contributed by atoms with van der Waals surface area (Å²) in [5.74, 6) is 0.607. The number of hydrogen-bond acceptors (Lipinski definition) is 4. The minimum absolute atomic E-state index is 0.127. The molecule has 2 amide bonds. The zero-order chi connectivity index (χ0) is 21.3. The highest BCUT2D eigenvalue weighted by atomic mass is 16.5. The van der Waals surface area contributed by atoms with Gasteiger partial charge in [-0.25, -0.2) is 0 Å². The van der Waals surface area contributed by atoms with Crippen LogP contribution in [0, 0.1) is 0 Å². The smallest absolute Gasteiger partial charge is 0.265 e. The maximum Gasteiger partial charge on any atom is 0.265 e. The van der Waals surface area contributed by atoms with Crippen LogP contribution < -0.4 is 20.1 Å². The van der Waals surface area contributed by atoms with Crippen molar-refractivity contribution in [1.29, 1.82) is 0 Å². The molecule has 1 atom stereocenters. The summed E-state index contributed by atoms with van der Waals surface area (Å²) in [5.41, 5.74) is 2.10. The van der Waals surface area contributed by atoms with Crippen molar-refractivity contribution in [1.82, 2.24) is 0 Å². The van der Waals surface area contributed by atoms with Gasteiger partial charge in [0.2, 0.25) is 5.91 Å². The second kappa shape index (κ2) is 10.1. The molecule has 0 radical (unpaired) electrons. The van der Waals surface area contributed by atoms with E-state index in [2.05, 4.69) is 10.6 Å². The Kier molecular flexibility index (Phi) is 7.05. The fourth-order valence-corrected chi connectivity index (χ4v) is 2.87. The van der Waals surface area contributed by atoms with E-state index in [-0.39, 0.29) is 18.2 Å². The van der Waals surface area contributed by atoms with Gasteiger partial charge in [0.15, 0.2) is 17.6 Å². The highest BCUT2D eigenvalue weighted by Gasteiger charge is 2.17. The summed E-state index contributed by atoms with van der Waals surface area (Å²) in [6.07, 6.45) is -0.459. The zero-order valence-electron chi connectivity index (χ0n) is 16.9. The number of nitrogens with one attached hydrogen (secondary N) is 2. The van der Waals surface area contributed by atoms with Crippen LogP contribution in [-0.4, -0.2) is 25.0 Å². The van der Waals surface area contributed by atoms with Crippen LogP contribution in [-0.2, 0) is 16.0 Å². The van der Waals surface area contributed by atoms with Crippen LogP contribution in [0.15, 0.2) is 78.9 Å². The van der Waals surface area contributed by atoms with Crippen molar-refractivity contribution < 1.29 is 19.1 Å². The molecule has 3 rings (SSSR count). The number of hydrogen-bond donors (Lipinski definition) is 2. The first-order valence-corrected chi connectivity index (χ1v) is 9.59. The Morgan fingerprint density at radius 2 is 1.47 bits per heavy atom. The van der Waals surface area contributed by atoms with Gasteiger partial charge in [-0.3, -0.25) is 9.59 Å². The monoisotopic (exact) mass is 404 g/mol. The molecular weight excluding hydrogens is 380 g/mol. The molecule has 0 fully saturated rings. The van der Waals surface area contributed by atoms with Gasteiger partial charge in [0.1, 0.15) is 0 Å². The number of carbonyl (C=O) groups is 2. The molecule has 2 N–H and O–H groups in total. The number of ether oxygens (including phenoxy) is 2. The topological polar surface area (TPSA) is 76.7 Å². The second-order valence-electron chi connectivity index (χ2n) is 6.69. The van der Waals surface area contributed by atoms with E-state index in [1.807, 2.05) is 42.5 Å². The van der Waals surface area contributed by atoms with Crippen LogP contribution in [0.1, 0.15) is 12.5 Å². The molecule has 0 aliphatic rings. The number of amides is 2. The minimum atomic E-state index is -0.738. The molecule has 6 nitrogen and oxygen atoms in total. The van der Waals surface area contributed by atoms with Crippen molar-refractivity contribution in [3.05, 3.63) is 84.4 Å². The molecule has 0 spiro atoms. The lowest BCUT2D eigenvalue weighted by Gasteiger charge is -2.17. The predicted molar refractivity (Wildman–Crippen MR) is 117 cm³/mol. The van der Waals surface area contributed by atoms with Gasteiger partial charge in [-0.2, -0.15) is 0 Å². The van der Waals surface area contributed by atoms with E-state index in [1.165, 1.54) is 0 Å². The number of benzene rings is 3. The Labute approximate surface area is 175 Å². The Bertz CT molecular complexity index is 1000. The molecule has 0 aliphatic heterocycles. The summed E-state index contributed by atoms with van der Waals surface area (Å²) in [6, 6.07) is 23.6. The van der Waals surface area contributed by atoms with Gasteiger partial charge in [-0.1, -0.05) is 48.5 Å². The largest absolute Gasteiger partial charge is 0.493 e. The first-order chi connectivity index (χ1) is 14.5. The molecule has 154 valence electrons. The quantitative estimate of drug-likeness (QED) is 0.587. The molecule has 0 saturated carbocycles. The fraction of sp³-hybridized carbons (Fsp3) is 0.167. The molecule has 3 aromatic carbocycles. The average molecular weight is 404 g/mol. The summed E-state index contributed by atoms with van der Waals surface area (Å²) < 4.78 is 11.0. The molecule has 0 heterocycles. The van der Waals surface area contributed by atoms with Crippen LogP contribution in [0.5, 0.6) is 11.5 Å². The third kappa shape index (κ3) is 5.85. The summed E-state index contributed by atoms with van der Waals surface area (Å²) in [5, 5.41) is 5.66. The lowest BCUT2D eigenvalue weighted by atomic mass is 10.1. The van der Waals surface area contributed by atoms with E-state index in [0.29, 0.717) is 22.9 Å². The molecule has 6 heteroatoms. The Hall–Kier alpha value is -3.80. The highest BCUT2D eigenvalue weighted by Crippen LogP contribution is 2.27. The zero-order valence-corrected chi connectivity index (χ0v) is 16.9. The summed E-state index contributed by atoms with van der Waals surface area (Å²) >= 11 is 0. The van der Waals surface area contributed by atoms with Gasteiger partial charge in [0.05, 0.1) is 13.5 Å². The van der Waals surface area contributed by atoms with Crippen LogP contribution in [0.4, 0.5) is 11.4 Å². The molecule has 3 aromatic rings. The SMILES string of the molecule is COc1ccccc1OC(C)C(=O)Nc1cccc(NC(=O)Cc2ccccc2)c1. The molecule has 0 aliphatic carbocycles. The standard InChI is InChI=1S/C24H24N2O4/c1-17(30-22-14-7-6-13-21(22)29-2)24(28)26-20-12-8-11-19(16-20)25-23(27)15-18-9-4-3-5-10-18/h3-14,16-17H,15H2,1-2H3,(H,25,27)(H,26,28). The summed E-state index contributed by atoms with van der Waals surface area (Å²) in [7, 11) is 1.55. The van der Waals surface area contributed by atoms with Gasteiger partial charge in [0, 0.05) is 11.4 Å². The number of methoxy groups -OCH3 is 1. The second-order valence-corrected chi connectivity index (χ2v) is 6.69. The lowest BCUT2D eigenvalue weighted by molar-refractivity contribution is -0.122. The fourth-order valence-electron chi connectivity index (χ4n) is 2.87. The van der Waals surface area contributed by atoms with Crippen LogP contribution >= 0.6 is 0 Å². The molecular formula is C24H24N2O4. The maximum absolute atomic E-state index is 12.5. The Morgan fingerprint density at radius 1 is 0.833 bits per heavy atom. The first kappa shape index (κ1) is 20.9. The number of carbonyl (C=O) groups excluding carboxylic acids is 2. The van der Waals surface area contributed by atoms with E-state index < -0.39 is 6.10 Å².